The van der Waals surface area contributed by atoms with Gasteiger partial charge in [-0.15, -0.1) is 0 Å². The number of rotatable bonds is 4. The molecule has 4 rings (SSSR count). The fraction of sp³-hybridized carbons (Fsp3) is 0.100. The van der Waals surface area contributed by atoms with Crippen LogP contribution in [0.25, 0.3) is 21.5 Å². The van der Waals surface area contributed by atoms with Crippen molar-refractivity contribution in [2.45, 2.75) is 12.8 Å². The van der Waals surface area contributed by atoms with Crippen LogP contribution in [0.4, 0.5) is 0 Å². The van der Waals surface area contributed by atoms with E-state index >= 15 is 0 Å². The van der Waals surface area contributed by atoms with Crippen molar-refractivity contribution in [1.29, 1.82) is 0 Å². The van der Waals surface area contributed by atoms with E-state index in [1.165, 1.54) is 5.39 Å². The molecule has 4 nitrogen and oxygen atoms in total. The van der Waals surface area contributed by atoms with Crippen LogP contribution >= 0.6 is 0 Å². The number of nitrogens with zero attached hydrogens (tertiary/aromatic N) is 1. The lowest BCUT2D eigenvalue weighted by molar-refractivity contribution is -0.134. The summed E-state index contributed by atoms with van der Waals surface area (Å²) in [5, 5.41) is 4.55. The van der Waals surface area contributed by atoms with Crippen molar-refractivity contribution in [3.05, 3.63) is 72.8 Å². The molecule has 3 aromatic carbocycles. The first-order valence-electron chi connectivity index (χ1n) is 7.89. The molecule has 0 spiro atoms. The van der Waals surface area contributed by atoms with Crippen molar-refractivity contribution < 1.29 is 9.53 Å². The number of fused-ring (bicyclic) bond motifs is 3. The van der Waals surface area contributed by atoms with Gasteiger partial charge in [0, 0.05) is 11.9 Å². The van der Waals surface area contributed by atoms with E-state index in [9.17, 15) is 4.79 Å². The fourth-order valence-electron chi connectivity index (χ4n) is 2.89. The average molecular weight is 316 g/mol. The molecule has 1 heterocycles. The van der Waals surface area contributed by atoms with E-state index in [0.29, 0.717) is 18.6 Å². The van der Waals surface area contributed by atoms with Gasteiger partial charge in [-0.05, 0) is 40.1 Å². The molecule has 4 aromatic rings. The fourth-order valence-corrected chi connectivity index (χ4v) is 2.89. The topological polar surface area (TPSA) is 55.0 Å². The molecule has 0 radical (unpaired) electrons. The van der Waals surface area contributed by atoms with Crippen LogP contribution in [0.15, 0.2) is 67.1 Å². The molecule has 4 heteroatoms. The zero-order valence-electron chi connectivity index (χ0n) is 13.0. The first-order chi connectivity index (χ1) is 11.8. The second-order valence-corrected chi connectivity index (χ2v) is 5.72. The van der Waals surface area contributed by atoms with E-state index in [1.54, 1.807) is 12.5 Å². The number of aromatic nitrogens is 2. The molecule has 1 N–H and O–H groups in total. The molecular weight excluding hydrogens is 300 g/mol. The number of H-pyrrole nitrogens is 1. The normalized spacial score (nSPS) is 11.0. The van der Waals surface area contributed by atoms with Crippen LogP contribution in [0.3, 0.4) is 0 Å². The highest BCUT2D eigenvalue weighted by molar-refractivity contribution is 6.07. The monoisotopic (exact) mass is 316 g/mol. The van der Waals surface area contributed by atoms with E-state index in [-0.39, 0.29) is 5.97 Å². The van der Waals surface area contributed by atoms with Crippen LogP contribution in [0.1, 0.15) is 12.1 Å². The predicted molar refractivity (Wildman–Crippen MR) is 94.0 cm³/mol. The number of aromatic amines is 1. The lowest BCUT2D eigenvalue weighted by Crippen LogP contribution is -2.09. The Hall–Kier alpha value is -3.14. The lowest BCUT2D eigenvalue weighted by atomic mass is 10.0. The molecule has 0 fully saturated rings. The Kier molecular flexibility index (Phi) is 3.71. The lowest BCUT2D eigenvalue weighted by Gasteiger charge is -2.08. The van der Waals surface area contributed by atoms with Gasteiger partial charge in [0.2, 0.25) is 0 Å². The largest absolute Gasteiger partial charge is 0.426 e. The molecule has 118 valence electrons. The average Bonchev–Trinajstić information content (AvgIpc) is 3.13. The predicted octanol–water partition coefficient (Wildman–Crippen LogP) is 4.25. The van der Waals surface area contributed by atoms with Gasteiger partial charge in [0.1, 0.15) is 5.75 Å². The maximum atomic E-state index is 12.1. The summed E-state index contributed by atoms with van der Waals surface area (Å²) in [6, 6.07) is 18.2. The molecule has 0 saturated carbocycles. The molecule has 0 bridgehead atoms. The number of hydrogen-bond donors (Lipinski definition) is 1. The molecule has 0 amide bonds. The number of esters is 1. The summed E-state index contributed by atoms with van der Waals surface area (Å²) in [7, 11) is 0. The van der Waals surface area contributed by atoms with Crippen LogP contribution in [-0.2, 0) is 11.2 Å². The Labute approximate surface area is 139 Å². The molecule has 0 aliphatic carbocycles. The Bertz CT molecular complexity index is 1010. The highest BCUT2D eigenvalue weighted by atomic mass is 16.5. The summed E-state index contributed by atoms with van der Waals surface area (Å²) in [6.07, 6.45) is 4.23. The first kappa shape index (κ1) is 14.5. The Morgan fingerprint density at radius 2 is 1.79 bits per heavy atom. The molecule has 0 aliphatic rings. The quantitative estimate of drug-likeness (QED) is 0.348. The molecule has 0 aliphatic heterocycles. The summed E-state index contributed by atoms with van der Waals surface area (Å²) >= 11 is 0. The number of nitrogens with one attached hydrogen (secondary N) is 1. The highest BCUT2D eigenvalue weighted by Gasteiger charge is 2.08. The zero-order chi connectivity index (χ0) is 16.4. The third kappa shape index (κ3) is 2.86. The van der Waals surface area contributed by atoms with Crippen molar-refractivity contribution in [2.75, 3.05) is 0 Å². The van der Waals surface area contributed by atoms with Crippen molar-refractivity contribution in [2.24, 2.45) is 0 Å². The third-order valence-corrected chi connectivity index (χ3v) is 4.10. The molecule has 0 atom stereocenters. The van der Waals surface area contributed by atoms with E-state index in [2.05, 4.69) is 34.2 Å². The van der Waals surface area contributed by atoms with Gasteiger partial charge in [0.25, 0.3) is 0 Å². The summed E-state index contributed by atoms with van der Waals surface area (Å²) < 4.78 is 5.50. The third-order valence-electron chi connectivity index (χ3n) is 4.10. The number of aryl methyl sites for hydroxylation is 1. The minimum atomic E-state index is -0.246. The number of ether oxygens (including phenoxy) is 1. The van der Waals surface area contributed by atoms with Crippen molar-refractivity contribution >= 4 is 27.5 Å². The van der Waals surface area contributed by atoms with Crippen LogP contribution in [-0.4, -0.2) is 15.9 Å². The highest BCUT2D eigenvalue weighted by Crippen LogP contribution is 2.28. The number of carbonyl (C=O) groups excluding carboxylic acids is 1. The van der Waals surface area contributed by atoms with E-state index in [0.717, 1.165) is 21.9 Å². The number of carbonyl (C=O) groups is 1. The van der Waals surface area contributed by atoms with Crippen LogP contribution in [0.2, 0.25) is 0 Å². The van der Waals surface area contributed by atoms with Crippen molar-refractivity contribution in [1.82, 2.24) is 9.97 Å². The molecule has 0 unspecified atom stereocenters. The van der Waals surface area contributed by atoms with Gasteiger partial charge < -0.3 is 9.72 Å². The van der Waals surface area contributed by atoms with E-state index < -0.39 is 0 Å². The number of benzene rings is 3. The summed E-state index contributed by atoms with van der Waals surface area (Å²) in [4.78, 5) is 19.0. The van der Waals surface area contributed by atoms with Crippen molar-refractivity contribution in [3.63, 3.8) is 0 Å². The number of hydrogen-bond acceptors (Lipinski definition) is 3. The zero-order valence-corrected chi connectivity index (χ0v) is 13.0. The Balaban J connectivity index is 1.58. The summed E-state index contributed by atoms with van der Waals surface area (Å²) in [6.45, 7) is 0. The van der Waals surface area contributed by atoms with Crippen LogP contribution in [0.5, 0.6) is 5.75 Å². The van der Waals surface area contributed by atoms with Gasteiger partial charge in [-0.1, -0.05) is 42.5 Å². The smallest absolute Gasteiger partial charge is 0.311 e. The van der Waals surface area contributed by atoms with Gasteiger partial charge in [0.05, 0.1) is 12.7 Å². The first-order valence-corrected chi connectivity index (χ1v) is 7.89. The standard InChI is InChI=1S/C20H16N2O2/c23-20(10-8-16-12-21-13-22-16)24-17-9-7-15-6-5-14-3-1-2-4-18(14)19(15)11-17/h1-7,9,11-13H,8,10H2,(H,21,22). The molecule has 24 heavy (non-hydrogen) atoms. The van der Waals surface area contributed by atoms with Crippen LogP contribution in [0, 0.1) is 0 Å². The second kappa shape index (κ2) is 6.16. The van der Waals surface area contributed by atoms with Gasteiger partial charge in [-0.3, -0.25) is 4.79 Å². The maximum Gasteiger partial charge on any atom is 0.311 e. The molecule has 1 aromatic heterocycles. The Morgan fingerprint density at radius 3 is 2.62 bits per heavy atom. The van der Waals surface area contributed by atoms with E-state index in [1.807, 2.05) is 30.3 Å². The van der Waals surface area contributed by atoms with Crippen LogP contribution < -0.4 is 4.74 Å². The SMILES string of the molecule is O=C(CCc1cnc[nH]1)Oc1ccc2ccc3ccccc3c2c1. The minimum Gasteiger partial charge on any atom is -0.426 e. The van der Waals surface area contributed by atoms with E-state index in [4.69, 9.17) is 4.74 Å². The molecule has 0 saturated heterocycles. The van der Waals surface area contributed by atoms with Gasteiger partial charge in [-0.25, -0.2) is 4.98 Å². The van der Waals surface area contributed by atoms with Gasteiger partial charge in [-0.2, -0.15) is 0 Å². The Morgan fingerprint density at radius 1 is 1.00 bits per heavy atom. The number of imidazole rings is 1. The van der Waals surface area contributed by atoms with Gasteiger partial charge >= 0.3 is 5.97 Å². The molecular formula is C20H16N2O2. The minimum absolute atomic E-state index is 0.246. The maximum absolute atomic E-state index is 12.1. The van der Waals surface area contributed by atoms with Crippen molar-refractivity contribution in [3.8, 4) is 5.75 Å². The van der Waals surface area contributed by atoms with Gasteiger partial charge in [0.15, 0.2) is 0 Å². The summed E-state index contributed by atoms with van der Waals surface area (Å²) in [5.41, 5.74) is 0.927. The summed E-state index contributed by atoms with van der Waals surface area (Å²) in [5.74, 6) is 0.331. The second-order valence-electron chi connectivity index (χ2n) is 5.72.